The number of para-hydroxylation sites is 1. The van der Waals surface area contributed by atoms with Crippen LogP contribution in [0, 0.1) is 0 Å². The van der Waals surface area contributed by atoms with E-state index < -0.39 is 17.7 Å². The normalized spacial score (nSPS) is 10.1. The number of rotatable bonds is 8. The second kappa shape index (κ2) is 9.61. The third kappa shape index (κ3) is 5.62. The van der Waals surface area contributed by atoms with Crippen molar-refractivity contribution in [1.29, 1.82) is 0 Å². The third-order valence-electron chi connectivity index (χ3n) is 3.66. The Labute approximate surface area is 167 Å². The smallest absolute Gasteiger partial charge is 0.255 e. The van der Waals surface area contributed by atoms with E-state index in [4.69, 9.17) is 26.8 Å². The molecule has 0 unspecified atom stereocenters. The first-order valence-corrected chi connectivity index (χ1v) is 8.58. The molecule has 0 fully saturated rings. The van der Waals surface area contributed by atoms with Gasteiger partial charge in [-0.2, -0.15) is 0 Å². The Hall–Kier alpha value is -3.26. The summed E-state index contributed by atoms with van der Waals surface area (Å²) < 4.78 is 10.4. The molecule has 8 nitrogen and oxygen atoms in total. The molecule has 2 rings (SSSR count). The van der Waals surface area contributed by atoms with Crippen molar-refractivity contribution in [2.45, 2.75) is 0 Å². The van der Waals surface area contributed by atoms with Crippen LogP contribution in [0.5, 0.6) is 11.5 Å². The van der Waals surface area contributed by atoms with Gasteiger partial charge in [-0.15, -0.1) is 0 Å². The number of halogens is 1. The molecular formula is C19H20ClN3O5. The fraction of sp³-hybridized carbons (Fsp3) is 0.211. The third-order valence-corrected chi connectivity index (χ3v) is 3.99. The number of hydrogen-bond donors (Lipinski definition) is 2. The molecular weight excluding hydrogens is 386 g/mol. The summed E-state index contributed by atoms with van der Waals surface area (Å²) in [5.74, 6) is -0.879. The molecule has 2 aromatic rings. The van der Waals surface area contributed by atoms with Gasteiger partial charge in [0.05, 0.1) is 24.4 Å². The molecule has 3 amide bonds. The lowest BCUT2D eigenvalue weighted by Gasteiger charge is -2.18. The first-order valence-electron chi connectivity index (χ1n) is 8.20. The minimum absolute atomic E-state index is 0.174. The van der Waals surface area contributed by atoms with Crippen molar-refractivity contribution >= 4 is 35.0 Å². The predicted octanol–water partition coefficient (Wildman–Crippen LogP) is 1.92. The molecule has 2 aromatic carbocycles. The Morgan fingerprint density at radius 2 is 1.86 bits per heavy atom. The molecule has 3 N–H and O–H groups in total. The second-order valence-electron chi connectivity index (χ2n) is 5.81. The van der Waals surface area contributed by atoms with E-state index in [-0.39, 0.29) is 30.2 Å². The zero-order valence-corrected chi connectivity index (χ0v) is 16.2. The molecule has 0 bridgehead atoms. The molecule has 0 aliphatic heterocycles. The number of hydrogen-bond acceptors (Lipinski definition) is 5. The van der Waals surface area contributed by atoms with Crippen LogP contribution in [-0.4, -0.2) is 49.9 Å². The first-order chi connectivity index (χ1) is 13.3. The number of amides is 3. The highest BCUT2D eigenvalue weighted by molar-refractivity contribution is 6.33. The Kier molecular flexibility index (Phi) is 7.22. The fourth-order valence-corrected chi connectivity index (χ4v) is 2.51. The topological polar surface area (TPSA) is 111 Å². The standard InChI is InChI=1S/C19H20ClN3O5/c1-23(10-18(25)22-14-6-4-3-5-13(14)20)19(26)12-7-8-15(16(9-12)27-2)28-11-17(21)24/h3-9H,10-11H2,1-2H3,(H2,21,24)(H,22,25). The molecule has 0 spiro atoms. The van der Waals surface area contributed by atoms with Gasteiger partial charge in [0.25, 0.3) is 11.8 Å². The van der Waals surface area contributed by atoms with Crippen LogP contribution >= 0.6 is 11.6 Å². The number of primary amides is 1. The number of likely N-dealkylation sites (N-methyl/N-ethyl adjacent to an activating group) is 1. The van der Waals surface area contributed by atoms with Crippen molar-refractivity contribution in [3.05, 3.63) is 53.1 Å². The van der Waals surface area contributed by atoms with Gasteiger partial charge >= 0.3 is 0 Å². The first kappa shape index (κ1) is 21.0. The highest BCUT2D eigenvalue weighted by atomic mass is 35.5. The van der Waals surface area contributed by atoms with E-state index in [1.807, 2.05) is 0 Å². The lowest BCUT2D eigenvalue weighted by molar-refractivity contribution is -0.120. The van der Waals surface area contributed by atoms with Gasteiger partial charge in [-0.1, -0.05) is 23.7 Å². The summed E-state index contributed by atoms with van der Waals surface area (Å²) in [7, 11) is 2.90. The van der Waals surface area contributed by atoms with Crippen LogP contribution in [0.15, 0.2) is 42.5 Å². The van der Waals surface area contributed by atoms with E-state index in [0.29, 0.717) is 10.7 Å². The summed E-state index contributed by atoms with van der Waals surface area (Å²) in [6, 6.07) is 11.3. The van der Waals surface area contributed by atoms with Crippen LogP contribution in [0.25, 0.3) is 0 Å². The summed E-state index contributed by atoms with van der Waals surface area (Å²) in [6.45, 7) is -0.488. The number of nitrogens with two attached hydrogens (primary N) is 1. The summed E-state index contributed by atoms with van der Waals surface area (Å²) in [5, 5.41) is 3.06. The van der Waals surface area contributed by atoms with Gasteiger partial charge in [0.15, 0.2) is 18.1 Å². The van der Waals surface area contributed by atoms with Gasteiger partial charge in [-0.05, 0) is 30.3 Å². The number of ether oxygens (including phenoxy) is 2. The number of nitrogens with zero attached hydrogens (tertiary/aromatic N) is 1. The van der Waals surface area contributed by atoms with Crippen LogP contribution in [0.4, 0.5) is 5.69 Å². The van der Waals surface area contributed by atoms with Gasteiger partial charge in [-0.3, -0.25) is 14.4 Å². The molecule has 0 saturated carbocycles. The highest BCUT2D eigenvalue weighted by Crippen LogP contribution is 2.28. The lowest BCUT2D eigenvalue weighted by atomic mass is 10.1. The quantitative estimate of drug-likeness (QED) is 0.697. The van der Waals surface area contributed by atoms with Crippen LogP contribution < -0.4 is 20.5 Å². The number of carbonyl (C=O) groups is 3. The zero-order valence-electron chi connectivity index (χ0n) is 15.4. The van der Waals surface area contributed by atoms with Gasteiger partial charge in [0.1, 0.15) is 0 Å². The van der Waals surface area contributed by atoms with Crippen molar-refractivity contribution in [3.8, 4) is 11.5 Å². The number of methoxy groups -OCH3 is 1. The maximum Gasteiger partial charge on any atom is 0.255 e. The Bertz CT molecular complexity index is 888. The molecule has 0 aliphatic rings. The minimum Gasteiger partial charge on any atom is -0.493 e. The van der Waals surface area contributed by atoms with Crippen LogP contribution in [0.2, 0.25) is 5.02 Å². The molecule has 0 aliphatic carbocycles. The molecule has 0 atom stereocenters. The lowest BCUT2D eigenvalue weighted by Crippen LogP contribution is -2.35. The van der Waals surface area contributed by atoms with Crippen LogP contribution in [0.1, 0.15) is 10.4 Å². The van der Waals surface area contributed by atoms with E-state index in [9.17, 15) is 14.4 Å². The summed E-state index contributed by atoms with van der Waals surface area (Å²) in [6.07, 6.45) is 0. The van der Waals surface area contributed by atoms with E-state index >= 15 is 0 Å². The van der Waals surface area contributed by atoms with Crippen molar-refractivity contribution in [3.63, 3.8) is 0 Å². The largest absolute Gasteiger partial charge is 0.493 e. The number of nitrogens with one attached hydrogen (secondary N) is 1. The molecule has 0 radical (unpaired) electrons. The predicted molar refractivity (Wildman–Crippen MR) is 105 cm³/mol. The Balaban J connectivity index is 2.04. The highest BCUT2D eigenvalue weighted by Gasteiger charge is 2.18. The average molecular weight is 406 g/mol. The second-order valence-corrected chi connectivity index (χ2v) is 6.22. The molecule has 28 heavy (non-hydrogen) atoms. The summed E-state index contributed by atoms with van der Waals surface area (Å²) in [5.41, 5.74) is 5.80. The van der Waals surface area contributed by atoms with E-state index in [2.05, 4.69) is 5.32 Å². The average Bonchev–Trinajstić information content (AvgIpc) is 2.67. The molecule has 0 saturated heterocycles. The van der Waals surface area contributed by atoms with Crippen LogP contribution in [0.3, 0.4) is 0 Å². The number of carbonyl (C=O) groups excluding carboxylic acids is 3. The molecule has 148 valence electrons. The minimum atomic E-state index is -0.633. The Morgan fingerprint density at radius 3 is 2.50 bits per heavy atom. The van der Waals surface area contributed by atoms with Gasteiger partial charge < -0.3 is 25.4 Å². The summed E-state index contributed by atoms with van der Waals surface area (Å²) in [4.78, 5) is 36.9. The number of anilines is 1. The van der Waals surface area contributed by atoms with Crippen molar-refractivity contribution in [1.82, 2.24) is 4.90 Å². The SMILES string of the molecule is COc1cc(C(=O)N(C)CC(=O)Nc2ccccc2Cl)ccc1OCC(N)=O. The fourth-order valence-electron chi connectivity index (χ4n) is 2.33. The van der Waals surface area contributed by atoms with Gasteiger partial charge in [-0.25, -0.2) is 0 Å². The maximum absolute atomic E-state index is 12.6. The number of benzene rings is 2. The van der Waals surface area contributed by atoms with Gasteiger partial charge in [0.2, 0.25) is 5.91 Å². The van der Waals surface area contributed by atoms with Crippen molar-refractivity contribution in [2.24, 2.45) is 5.73 Å². The van der Waals surface area contributed by atoms with E-state index in [0.717, 1.165) is 0 Å². The Morgan fingerprint density at radius 1 is 1.14 bits per heavy atom. The van der Waals surface area contributed by atoms with Crippen molar-refractivity contribution < 1.29 is 23.9 Å². The molecule has 9 heteroatoms. The summed E-state index contributed by atoms with van der Waals surface area (Å²) >= 11 is 6.01. The zero-order chi connectivity index (χ0) is 20.7. The van der Waals surface area contributed by atoms with Crippen LogP contribution in [-0.2, 0) is 9.59 Å². The molecule has 0 aromatic heterocycles. The van der Waals surface area contributed by atoms with Crippen molar-refractivity contribution in [2.75, 3.05) is 32.6 Å². The van der Waals surface area contributed by atoms with E-state index in [1.165, 1.54) is 37.3 Å². The molecule has 0 heterocycles. The maximum atomic E-state index is 12.6. The monoisotopic (exact) mass is 405 g/mol. The van der Waals surface area contributed by atoms with E-state index in [1.54, 1.807) is 24.3 Å². The van der Waals surface area contributed by atoms with Gasteiger partial charge in [0, 0.05) is 12.6 Å².